The molecule has 4 heteroatoms. The highest BCUT2D eigenvalue weighted by Gasteiger charge is 2.30. The maximum Gasteiger partial charge on any atom is 0.101 e. The average molecular weight is 287 g/mol. The van der Waals surface area contributed by atoms with Gasteiger partial charge in [-0.15, -0.1) is 0 Å². The lowest BCUT2D eigenvalue weighted by atomic mass is 10.1. The average Bonchev–Trinajstić information content (AvgIpc) is 3.31. The summed E-state index contributed by atoms with van der Waals surface area (Å²) in [5.74, 6) is 0. The molecule has 0 aromatic heterocycles. The van der Waals surface area contributed by atoms with Gasteiger partial charge in [-0.2, -0.15) is 5.26 Å². The number of hydrogen-bond acceptors (Lipinski definition) is 4. The zero-order valence-corrected chi connectivity index (χ0v) is 13.2. The molecule has 1 saturated carbocycles. The summed E-state index contributed by atoms with van der Waals surface area (Å²) in [5, 5.41) is 12.9. The van der Waals surface area contributed by atoms with Gasteiger partial charge in [-0.3, -0.25) is 0 Å². The second-order valence-corrected chi connectivity index (χ2v) is 5.92. The minimum Gasteiger partial charge on any atom is -0.383 e. The molecule has 0 unspecified atom stereocenters. The van der Waals surface area contributed by atoms with Crippen molar-refractivity contribution in [1.29, 1.82) is 5.26 Å². The lowest BCUT2D eigenvalue weighted by Crippen LogP contribution is -2.30. The first-order chi connectivity index (χ1) is 10.2. The van der Waals surface area contributed by atoms with E-state index in [-0.39, 0.29) is 0 Å². The van der Waals surface area contributed by atoms with Crippen molar-refractivity contribution in [3.63, 3.8) is 0 Å². The van der Waals surface area contributed by atoms with Crippen LogP contribution in [0.3, 0.4) is 0 Å². The smallest absolute Gasteiger partial charge is 0.101 e. The quantitative estimate of drug-likeness (QED) is 0.798. The number of nitrogens with zero attached hydrogens (tertiary/aromatic N) is 2. The van der Waals surface area contributed by atoms with Gasteiger partial charge in [-0.25, -0.2) is 0 Å². The molecule has 2 rings (SSSR count). The molecule has 0 saturated heterocycles. The third-order valence-electron chi connectivity index (χ3n) is 3.73. The fraction of sp³-hybridized carbons (Fsp3) is 0.588. The van der Waals surface area contributed by atoms with Crippen molar-refractivity contribution in [1.82, 2.24) is 5.32 Å². The van der Waals surface area contributed by atoms with Gasteiger partial charge >= 0.3 is 0 Å². The van der Waals surface area contributed by atoms with Crippen LogP contribution in [-0.4, -0.2) is 32.3 Å². The summed E-state index contributed by atoms with van der Waals surface area (Å²) in [6.07, 6.45) is 2.43. The largest absolute Gasteiger partial charge is 0.383 e. The number of benzene rings is 1. The van der Waals surface area contributed by atoms with E-state index in [4.69, 9.17) is 4.74 Å². The molecular formula is C17H25N3O. The van der Waals surface area contributed by atoms with Gasteiger partial charge in [-0.05, 0) is 30.5 Å². The predicted octanol–water partition coefficient (Wildman–Crippen LogP) is 2.67. The van der Waals surface area contributed by atoms with Crippen LogP contribution in [0, 0.1) is 11.3 Å². The van der Waals surface area contributed by atoms with Crippen LogP contribution in [-0.2, 0) is 11.3 Å². The third kappa shape index (κ3) is 4.45. The molecule has 1 N–H and O–H groups in total. The van der Waals surface area contributed by atoms with Gasteiger partial charge in [0.25, 0.3) is 0 Å². The normalized spacial score (nSPS) is 14.2. The molecule has 0 atom stereocenters. The third-order valence-corrected chi connectivity index (χ3v) is 3.73. The highest BCUT2D eigenvalue weighted by molar-refractivity contribution is 5.61. The van der Waals surface area contributed by atoms with Crippen molar-refractivity contribution in [2.24, 2.45) is 0 Å². The summed E-state index contributed by atoms with van der Waals surface area (Å²) in [7, 11) is 1.72. The molecule has 1 aromatic rings. The summed E-state index contributed by atoms with van der Waals surface area (Å²) in [6, 6.07) is 9.59. The Hall–Kier alpha value is -1.57. The number of rotatable bonds is 8. The fourth-order valence-electron chi connectivity index (χ4n) is 2.43. The van der Waals surface area contributed by atoms with Crippen LogP contribution in [0.1, 0.15) is 37.8 Å². The van der Waals surface area contributed by atoms with Crippen LogP contribution in [0.25, 0.3) is 0 Å². The first kappa shape index (κ1) is 15.8. The molecule has 1 fully saturated rings. The maximum absolute atomic E-state index is 9.47. The molecule has 1 aliphatic rings. The van der Waals surface area contributed by atoms with Crippen molar-refractivity contribution < 1.29 is 4.74 Å². The van der Waals surface area contributed by atoms with Crippen LogP contribution >= 0.6 is 0 Å². The van der Waals surface area contributed by atoms with E-state index in [9.17, 15) is 5.26 Å². The van der Waals surface area contributed by atoms with Crippen molar-refractivity contribution in [3.8, 4) is 6.07 Å². The summed E-state index contributed by atoms with van der Waals surface area (Å²) in [4.78, 5) is 2.32. The Morgan fingerprint density at radius 3 is 2.76 bits per heavy atom. The van der Waals surface area contributed by atoms with Crippen LogP contribution in [0.2, 0.25) is 0 Å². The van der Waals surface area contributed by atoms with E-state index in [1.807, 2.05) is 6.07 Å². The molecule has 0 amide bonds. The molecular weight excluding hydrogens is 262 g/mol. The number of anilines is 1. The van der Waals surface area contributed by atoms with Gasteiger partial charge in [0.2, 0.25) is 0 Å². The van der Waals surface area contributed by atoms with E-state index in [0.29, 0.717) is 18.7 Å². The van der Waals surface area contributed by atoms with Crippen LogP contribution in [0.5, 0.6) is 0 Å². The molecule has 1 aromatic carbocycles. The van der Waals surface area contributed by atoms with Crippen LogP contribution < -0.4 is 10.2 Å². The van der Waals surface area contributed by atoms with E-state index < -0.39 is 0 Å². The number of methoxy groups -OCH3 is 1. The lowest BCUT2D eigenvalue weighted by molar-refractivity contribution is 0.205. The minimum absolute atomic E-state index is 0.444. The standard InChI is InChI=1S/C17H25N3O/c1-13(2)19-12-14-4-7-17(15(10-14)11-18)20(8-9-21-3)16-5-6-16/h4,7,10,13,16,19H,5-6,8-9,12H2,1-3H3. The van der Waals surface area contributed by atoms with E-state index in [1.165, 1.54) is 12.8 Å². The van der Waals surface area contributed by atoms with Crippen molar-refractivity contribution in [2.75, 3.05) is 25.2 Å². The van der Waals surface area contributed by atoms with Crippen molar-refractivity contribution in [3.05, 3.63) is 29.3 Å². The topological polar surface area (TPSA) is 48.3 Å². The molecule has 0 bridgehead atoms. The number of ether oxygens (including phenoxy) is 1. The van der Waals surface area contributed by atoms with Crippen LogP contribution in [0.4, 0.5) is 5.69 Å². The molecule has 4 nitrogen and oxygen atoms in total. The maximum atomic E-state index is 9.47. The number of nitriles is 1. The highest BCUT2D eigenvalue weighted by atomic mass is 16.5. The zero-order chi connectivity index (χ0) is 15.2. The number of hydrogen-bond donors (Lipinski definition) is 1. The first-order valence-electron chi connectivity index (χ1n) is 7.67. The molecule has 0 spiro atoms. The Balaban J connectivity index is 2.16. The van der Waals surface area contributed by atoms with Gasteiger partial charge in [0.1, 0.15) is 6.07 Å². The van der Waals surface area contributed by atoms with Gasteiger partial charge in [0, 0.05) is 32.3 Å². The summed E-state index contributed by atoms with van der Waals surface area (Å²) < 4.78 is 5.20. The van der Waals surface area contributed by atoms with E-state index in [1.54, 1.807) is 7.11 Å². The molecule has 0 heterocycles. The Labute approximate surface area is 127 Å². The number of nitrogens with one attached hydrogen (secondary N) is 1. The Kier molecular flexibility index (Phi) is 5.60. The summed E-state index contributed by atoms with van der Waals surface area (Å²) in [6.45, 7) is 6.59. The highest BCUT2D eigenvalue weighted by Crippen LogP contribution is 2.33. The molecule has 114 valence electrons. The van der Waals surface area contributed by atoms with E-state index in [0.717, 1.165) is 29.9 Å². The van der Waals surface area contributed by atoms with Gasteiger partial charge in [0.05, 0.1) is 17.9 Å². The van der Waals surface area contributed by atoms with E-state index in [2.05, 4.69) is 42.3 Å². The molecule has 0 aliphatic heterocycles. The first-order valence-corrected chi connectivity index (χ1v) is 7.67. The van der Waals surface area contributed by atoms with Crippen LogP contribution in [0.15, 0.2) is 18.2 Å². The van der Waals surface area contributed by atoms with Gasteiger partial charge in [0.15, 0.2) is 0 Å². The van der Waals surface area contributed by atoms with Crippen molar-refractivity contribution >= 4 is 5.69 Å². The SMILES string of the molecule is COCCN(c1ccc(CNC(C)C)cc1C#N)C1CC1. The monoisotopic (exact) mass is 287 g/mol. The molecule has 1 aliphatic carbocycles. The minimum atomic E-state index is 0.444. The zero-order valence-electron chi connectivity index (χ0n) is 13.2. The van der Waals surface area contributed by atoms with Gasteiger partial charge in [-0.1, -0.05) is 19.9 Å². The van der Waals surface area contributed by atoms with E-state index >= 15 is 0 Å². The van der Waals surface area contributed by atoms with Gasteiger partial charge < -0.3 is 15.0 Å². The summed E-state index contributed by atoms with van der Waals surface area (Å²) >= 11 is 0. The Bertz CT molecular complexity index is 503. The predicted molar refractivity (Wildman–Crippen MR) is 85.4 cm³/mol. The molecule has 0 radical (unpaired) electrons. The second-order valence-electron chi connectivity index (χ2n) is 5.92. The fourth-order valence-corrected chi connectivity index (χ4v) is 2.43. The second kappa shape index (κ2) is 7.44. The summed E-state index contributed by atoms with van der Waals surface area (Å²) in [5.41, 5.74) is 2.97. The Morgan fingerprint density at radius 1 is 1.43 bits per heavy atom. The Morgan fingerprint density at radius 2 is 2.19 bits per heavy atom. The molecule has 21 heavy (non-hydrogen) atoms. The lowest BCUT2D eigenvalue weighted by Gasteiger charge is -2.25. The van der Waals surface area contributed by atoms with Crippen molar-refractivity contribution in [2.45, 2.75) is 45.3 Å².